The molecule has 3 heterocycles. The van der Waals surface area contributed by atoms with Crippen molar-refractivity contribution in [1.29, 1.82) is 0 Å². The van der Waals surface area contributed by atoms with E-state index in [1.54, 1.807) is 12.3 Å². The highest BCUT2D eigenvalue weighted by molar-refractivity contribution is 6.38. The zero-order valence-corrected chi connectivity index (χ0v) is 14.8. The first-order valence-electron chi connectivity index (χ1n) is 8.43. The van der Waals surface area contributed by atoms with Gasteiger partial charge in [-0.2, -0.15) is 0 Å². The van der Waals surface area contributed by atoms with Crippen LogP contribution < -0.4 is 4.90 Å². The number of pyridine rings is 1. The number of nitrogens with zero attached hydrogens (tertiary/aromatic N) is 3. The summed E-state index contributed by atoms with van der Waals surface area (Å²) in [5, 5.41) is 10.3. The highest BCUT2D eigenvalue weighted by atomic mass is 35.5. The maximum absolute atomic E-state index is 11.1. The molecular formula is C19H18ClN3O3. The number of halogens is 1. The Bertz CT molecular complexity index is 934. The topological polar surface area (TPSA) is 69.8 Å². The molecule has 1 saturated heterocycles. The normalized spacial score (nSPS) is 15.5. The number of aromatic nitrogens is 1. The van der Waals surface area contributed by atoms with Crippen molar-refractivity contribution in [2.45, 2.75) is 6.54 Å². The van der Waals surface area contributed by atoms with Crippen molar-refractivity contribution in [2.75, 3.05) is 31.1 Å². The molecule has 0 aliphatic carbocycles. The predicted molar refractivity (Wildman–Crippen MR) is 99.9 cm³/mol. The Morgan fingerprint density at radius 3 is 2.73 bits per heavy atom. The second-order valence-electron chi connectivity index (χ2n) is 6.35. The molecule has 1 N–H and O–H groups in total. The standard InChI is InChI=1S/C19H18ClN3O3/c20-18-14-10-17(19(24)25)26-16(14)4-3-15(18)23-8-6-22(7-9-23)12-13-2-1-5-21-11-13/h1-5,10-11H,6-9,12H2,(H,24,25). The van der Waals surface area contributed by atoms with Crippen LogP contribution in [0.25, 0.3) is 11.0 Å². The van der Waals surface area contributed by atoms with Crippen molar-refractivity contribution < 1.29 is 14.3 Å². The summed E-state index contributed by atoms with van der Waals surface area (Å²) >= 11 is 6.54. The quantitative estimate of drug-likeness (QED) is 0.757. The molecule has 0 bridgehead atoms. The largest absolute Gasteiger partial charge is 0.475 e. The van der Waals surface area contributed by atoms with Gasteiger partial charge in [0.05, 0.1) is 10.7 Å². The van der Waals surface area contributed by atoms with E-state index < -0.39 is 5.97 Å². The van der Waals surface area contributed by atoms with Crippen LogP contribution in [0.1, 0.15) is 16.1 Å². The molecule has 0 spiro atoms. The van der Waals surface area contributed by atoms with Crippen molar-refractivity contribution in [1.82, 2.24) is 9.88 Å². The van der Waals surface area contributed by atoms with E-state index in [-0.39, 0.29) is 5.76 Å². The lowest BCUT2D eigenvalue weighted by atomic mass is 10.2. The number of fused-ring (bicyclic) bond motifs is 1. The van der Waals surface area contributed by atoms with Crippen molar-refractivity contribution >= 4 is 34.2 Å². The second kappa shape index (κ2) is 6.97. The fourth-order valence-corrected chi connectivity index (χ4v) is 3.64. The Kier molecular flexibility index (Phi) is 4.53. The maximum Gasteiger partial charge on any atom is 0.371 e. The van der Waals surface area contributed by atoms with Crippen molar-refractivity contribution in [3.8, 4) is 0 Å². The van der Waals surface area contributed by atoms with Crippen LogP contribution in [0.4, 0.5) is 5.69 Å². The van der Waals surface area contributed by atoms with Crippen LogP contribution in [0.5, 0.6) is 0 Å². The third-order valence-corrected chi connectivity index (χ3v) is 5.06. The first kappa shape index (κ1) is 16.9. The van der Waals surface area contributed by atoms with Crippen LogP contribution in [-0.4, -0.2) is 47.1 Å². The Balaban J connectivity index is 1.49. The highest BCUT2D eigenvalue weighted by Crippen LogP contribution is 2.35. The first-order chi connectivity index (χ1) is 12.6. The molecule has 4 rings (SSSR count). The van der Waals surface area contributed by atoms with E-state index in [0.29, 0.717) is 16.0 Å². The zero-order valence-electron chi connectivity index (χ0n) is 14.1. The second-order valence-corrected chi connectivity index (χ2v) is 6.73. The van der Waals surface area contributed by atoms with Gasteiger partial charge >= 0.3 is 5.97 Å². The third-order valence-electron chi connectivity index (χ3n) is 4.67. The summed E-state index contributed by atoms with van der Waals surface area (Å²) in [4.78, 5) is 19.9. The number of carboxylic acid groups (broad SMARTS) is 1. The van der Waals surface area contributed by atoms with Gasteiger partial charge in [-0.15, -0.1) is 0 Å². The summed E-state index contributed by atoms with van der Waals surface area (Å²) in [5.74, 6) is -1.19. The van der Waals surface area contributed by atoms with Gasteiger partial charge in [0.15, 0.2) is 0 Å². The number of benzene rings is 1. The lowest BCUT2D eigenvalue weighted by Crippen LogP contribution is -2.46. The Morgan fingerprint density at radius 2 is 2.04 bits per heavy atom. The molecule has 0 amide bonds. The van der Waals surface area contributed by atoms with Gasteiger partial charge in [-0.25, -0.2) is 4.79 Å². The third kappa shape index (κ3) is 3.25. The van der Waals surface area contributed by atoms with Gasteiger partial charge in [0.2, 0.25) is 5.76 Å². The molecule has 0 saturated carbocycles. The smallest absolute Gasteiger partial charge is 0.371 e. The molecule has 1 fully saturated rings. The lowest BCUT2D eigenvalue weighted by molar-refractivity contribution is 0.0665. The molecule has 1 aliphatic heterocycles. The van der Waals surface area contributed by atoms with Gasteiger partial charge < -0.3 is 14.4 Å². The number of hydrogen-bond acceptors (Lipinski definition) is 5. The van der Waals surface area contributed by atoms with Crippen LogP contribution in [-0.2, 0) is 6.54 Å². The highest BCUT2D eigenvalue weighted by Gasteiger charge is 2.21. The summed E-state index contributed by atoms with van der Waals surface area (Å²) in [7, 11) is 0. The summed E-state index contributed by atoms with van der Waals surface area (Å²) in [6.07, 6.45) is 3.68. The number of hydrogen-bond donors (Lipinski definition) is 1. The summed E-state index contributed by atoms with van der Waals surface area (Å²) in [6, 6.07) is 9.21. The van der Waals surface area contributed by atoms with Gasteiger partial charge in [0.25, 0.3) is 0 Å². The van der Waals surface area contributed by atoms with Gasteiger partial charge in [-0.1, -0.05) is 17.7 Å². The number of anilines is 1. The number of carbonyl (C=O) groups is 1. The van der Waals surface area contributed by atoms with E-state index in [2.05, 4.69) is 20.9 Å². The van der Waals surface area contributed by atoms with Gasteiger partial charge in [0, 0.05) is 56.6 Å². The van der Waals surface area contributed by atoms with E-state index >= 15 is 0 Å². The SMILES string of the molecule is O=C(O)c1cc2c(Cl)c(N3CCN(Cc4cccnc4)CC3)ccc2o1. The minimum Gasteiger partial charge on any atom is -0.475 e. The molecule has 1 aliphatic rings. The predicted octanol–water partition coefficient (Wildman–Crippen LogP) is 3.50. The minimum atomic E-state index is -1.09. The van der Waals surface area contributed by atoms with Gasteiger partial charge in [0.1, 0.15) is 5.58 Å². The molecule has 0 unspecified atom stereocenters. The number of carboxylic acids is 1. The molecule has 2 aromatic heterocycles. The molecule has 26 heavy (non-hydrogen) atoms. The molecule has 1 aromatic carbocycles. The molecule has 0 radical (unpaired) electrons. The van der Waals surface area contributed by atoms with Crippen LogP contribution in [0.3, 0.4) is 0 Å². The average Bonchev–Trinajstić information content (AvgIpc) is 3.10. The van der Waals surface area contributed by atoms with E-state index in [1.807, 2.05) is 18.3 Å². The molecule has 3 aromatic rings. The Morgan fingerprint density at radius 1 is 1.23 bits per heavy atom. The summed E-state index contributed by atoms with van der Waals surface area (Å²) < 4.78 is 5.32. The molecule has 6 nitrogen and oxygen atoms in total. The van der Waals surface area contributed by atoms with E-state index in [1.165, 1.54) is 11.6 Å². The maximum atomic E-state index is 11.1. The molecular weight excluding hydrogens is 354 g/mol. The monoisotopic (exact) mass is 371 g/mol. The number of furan rings is 1. The van der Waals surface area contributed by atoms with Crippen molar-refractivity contribution in [3.05, 3.63) is 59.1 Å². The van der Waals surface area contributed by atoms with Gasteiger partial charge in [-0.3, -0.25) is 9.88 Å². The molecule has 134 valence electrons. The van der Waals surface area contributed by atoms with Crippen LogP contribution >= 0.6 is 11.6 Å². The molecule has 0 atom stereocenters. The Labute approximate surface area is 155 Å². The summed E-state index contributed by atoms with van der Waals surface area (Å²) in [6.45, 7) is 4.45. The number of piperazine rings is 1. The van der Waals surface area contributed by atoms with Crippen LogP contribution in [0.2, 0.25) is 5.02 Å². The zero-order chi connectivity index (χ0) is 18.1. The molecule has 7 heteroatoms. The van der Waals surface area contributed by atoms with E-state index in [9.17, 15) is 4.79 Å². The van der Waals surface area contributed by atoms with E-state index in [0.717, 1.165) is 38.4 Å². The lowest BCUT2D eigenvalue weighted by Gasteiger charge is -2.36. The first-order valence-corrected chi connectivity index (χ1v) is 8.81. The number of rotatable bonds is 4. The van der Waals surface area contributed by atoms with Crippen molar-refractivity contribution in [3.63, 3.8) is 0 Å². The van der Waals surface area contributed by atoms with Crippen molar-refractivity contribution in [2.24, 2.45) is 0 Å². The van der Waals surface area contributed by atoms with Crippen LogP contribution in [0.15, 0.2) is 47.1 Å². The van der Waals surface area contributed by atoms with E-state index in [4.69, 9.17) is 21.1 Å². The average molecular weight is 372 g/mol. The Hall–Kier alpha value is -2.57. The van der Waals surface area contributed by atoms with Crippen LogP contribution in [0, 0.1) is 0 Å². The van der Waals surface area contributed by atoms with Gasteiger partial charge in [-0.05, 0) is 23.8 Å². The fraction of sp³-hybridized carbons (Fsp3) is 0.263. The fourth-order valence-electron chi connectivity index (χ4n) is 3.31. The number of aromatic carboxylic acids is 1. The summed E-state index contributed by atoms with van der Waals surface area (Å²) in [5.41, 5.74) is 2.62. The minimum absolute atomic E-state index is 0.0969.